The van der Waals surface area contributed by atoms with Crippen LogP contribution in [0.15, 0.2) is 47.8 Å². The molecule has 0 spiro atoms. The molecule has 8 heteroatoms. The molecule has 2 aromatic carbocycles. The van der Waals surface area contributed by atoms with Crippen LogP contribution in [0.4, 0.5) is 10.8 Å². The summed E-state index contributed by atoms with van der Waals surface area (Å²) in [6.07, 6.45) is 0. The normalized spacial score (nSPS) is 11.7. The lowest BCUT2D eigenvalue weighted by atomic mass is 10.0. The van der Waals surface area contributed by atoms with Gasteiger partial charge in [-0.1, -0.05) is 37.6 Å². The summed E-state index contributed by atoms with van der Waals surface area (Å²) in [5, 5.41) is 5.03. The van der Waals surface area contributed by atoms with Crippen LogP contribution in [0.25, 0.3) is 0 Å². The number of aryl methyl sites for hydroxylation is 3. The van der Waals surface area contributed by atoms with E-state index < -0.39 is 12.0 Å². The third-order valence-corrected chi connectivity index (χ3v) is 6.55. The van der Waals surface area contributed by atoms with E-state index in [1.54, 1.807) is 22.4 Å². The molecule has 0 bridgehead atoms. The third-order valence-electron chi connectivity index (χ3n) is 5.68. The van der Waals surface area contributed by atoms with Crippen molar-refractivity contribution in [2.24, 2.45) is 5.92 Å². The number of rotatable bonds is 8. The maximum Gasteiger partial charge on any atom is 0.329 e. The van der Waals surface area contributed by atoms with E-state index in [1.807, 2.05) is 65.0 Å². The number of carbonyl (C=O) groups excluding carboxylic acids is 3. The minimum absolute atomic E-state index is 0.0579. The van der Waals surface area contributed by atoms with Crippen LogP contribution in [0.2, 0.25) is 0 Å². The predicted molar refractivity (Wildman–Crippen MR) is 138 cm³/mol. The van der Waals surface area contributed by atoms with Gasteiger partial charge in [0.2, 0.25) is 5.91 Å². The number of aromatic nitrogens is 1. The van der Waals surface area contributed by atoms with Gasteiger partial charge in [0, 0.05) is 17.9 Å². The number of hydrogen-bond acceptors (Lipinski definition) is 6. The van der Waals surface area contributed by atoms with Crippen molar-refractivity contribution in [3.63, 3.8) is 0 Å². The lowest BCUT2D eigenvalue weighted by molar-refractivity contribution is -0.148. The number of anilines is 2. The van der Waals surface area contributed by atoms with Crippen molar-refractivity contribution >= 4 is 39.9 Å². The highest BCUT2D eigenvalue weighted by Crippen LogP contribution is 2.30. The van der Waals surface area contributed by atoms with Gasteiger partial charge in [0.1, 0.15) is 12.6 Å². The van der Waals surface area contributed by atoms with Crippen LogP contribution in [-0.2, 0) is 20.9 Å². The molecule has 0 unspecified atom stereocenters. The van der Waals surface area contributed by atoms with Crippen molar-refractivity contribution in [3.05, 3.63) is 75.8 Å². The minimum atomic E-state index is -0.800. The molecule has 184 valence electrons. The molecule has 0 saturated carbocycles. The fourth-order valence-electron chi connectivity index (χ4n) is 3.42. The number of nitrogens with zero attached hydrogens (tertiary/aromatic N) is 2. The van der Waals surface area contributed by atoms with Gasteiger partial charge in [-0.2, -0.15) is 0 Å². The van der Waals surface area contributed by atoms with Crippen LogP contribution >= 0.6 is 11.3 Å². The predicted octanol–water partition coefficient (Wildman–Crippen LogP) is 5.25. The van der Waals surface area contributed by atoms with Crippen molar-refractivity contribution in [3.8, 4) is 0 Å². The monoisotopic (exact) mass is 493 g/mol. The summed E-state index contributed by atoms with van der Waals surface area (Å²) in [4.78, 5) is 43.8. The second-order valence-corrected chi connectivity index (χ2v) is 9.75. The summed E-state index contributed by atoms with van der Waals surface area (Å²) in [5.74, 6) is -1.19. The number of benzene rings is 2. The van der Waals surface area contributed by atoms with Crippen molar-refractivity contribution in [1.29, 1.82) is 0 Å². The van der Waals surface area contributed by atoms with Crippen LogP contribution < -0.4 is 10.2 Å². The molecule has 0 radical (unpaired) electrons. The van der Waals surface area contributed by atoms with Gasteiger partial charge in [0.05, 0.1) is 11.4 Å². The average molecular weight is 494 g/mol. The van der Waals surface area contributed by atoms with Crippen molar-refractivity contribution in [1.82, 2.24) is 10.3 Å². The van der Waals surface area contributed by atoms with E-state index in [2.05, 4.69) is 10.3 Å². The first-order chi connectivity index (χ1) is 16.6. The van der Waals surface area contributed by atoms with E-state index >= 15 is 0 Å². The van der Waals surface area contributed by atoms with E-state index in [0.29, 0.717) is 16.4 Å². The Balaban J connectivity index is 1.68. The SMILES string of the molecule is CC(=O)N(c1ccc(C)c(C)c1)c1nc(COC(=O)[C@@H](NC(=O)c2ccc(C)cc2)C(C)C)cs1. The first kappa shape index (κ1) is 26.1. The Morgan fingerprint density at radius 1 is 1.03 bits per heavy atom. The molecule has 3 rings (SSSR count). The number of carbonyl (C=O) groups is 3. The van der Waals surface area contributed by atoms with Gasteiger partial charge in [-0.05, 0) is 62.1 Å². The Morgan fingerprint density at radius 3 is 2.31 bits per heavy atom. The van der Waals surface area contributed by atoms with Gasteiger partial charge in [-0.3, -0.25) is 14.5 Å². The van der Waals surface area contributed by atoms with Crippen molar-refractivity contribution in [2.75, 3.05) is 4.90 Å². The molecule has 0 fully saturated rings. The number of amides is 2. The van der Waals surface area contributed by atoms with Gasteiger partial charge in [-0.25, -0.2) is 9.78 Å². The maximum atomic E-state index is 12.8. The highest BCUT2D eigenvalue weighted by Gasteiger charge is 2.27. The second kappa shape index (κ2) is 11.3. The first-order valence-corrected chi connectivity index (χ1v) is 12.3. The van der Waals surface area contributed by atoms with Crippen LogP contribution in [0.5, 0.6) is 0 Å². The summed E-state index contributed by atoms with van der Waals surface area (Å²) >= 11 is 1.30. The lowest BCUT2D eigenvalue weighted by Gasteiger charge is -2.21. The lowest BCUT2D eigenvalue weighted by Crippen LogP contribution is -2.45. The van der Waals surface area contributed by atoms with Gasteiger partial charge in [0.15, 0.2) is 5.13 Å². The Labute approximate surface area is 210 Å². The molecule has 0 saturated heterocycles. The van der Waals surface area contributed by atoms with Crippen molar-refractivity contribution < 1.29 is 19.1 Å². The van der Waals surface area contributed by atoms with E-state index in [4.69, 9.17) is 4.74 Å². The zero-order valence-corrected chi connectivity index (χ0v) is 21.7. The summed E-state index contributed by atoms with van der Waals surface area (Å²) in [6, 6.07) is 12.1. The smallest absolute Gasteiger partial charge is 0.329 e. The molecule has 3 aromatic rings. The van der Waals surface area contributed by atoms with Crippen molar-refractivity contribution in [2.45, 2.75) is 54.2 Å². The van der Waals surface area contributed by atoms with E-state index in [1.165, 1.54) is 18.3 Å². The molecule has 1 atom stereocenters. The molecule has 0 aliphatic heterocycles. The molecular formula is C27H31N3O4S. The summed E-state index contributed by atoms with van der Waals surface area (Å²) in [6.45, 7) is 11.1. The number of hydrogen-bond donors (Lipinski definition) is 1. The Morgan fingerprint density at radius 2 is 1.71 bits per heavy atom. The molecule has 1 N–H and O–H groups in total. The van der Waals surface area contributed by atoms with Gasteiger partial charge < -0.3 is 10.1 Å². The maximum absolute atomic E-state index is 12.8. The summed E-state index contributed by atoms with van der Waals surface area (Å²) < 4.78 is 5.49. The average Bonchev–Trinajstić information content (AvgIpc) is 3.26. The molecule has 7 nitrogen and oxygen atoms in total. The number of esters is 1. The fourth-order valence-corrected chi connectivity index (χ4v) is 4.29. The Bertz CT molecular complexity index is 1220. The van der Waals surface area contributed by atoms with Gasteiger partial charge in [0.25, 0.3) is 5.91 Å². The van der Waals surface area contributed by atoms with E-state index in [-0.39, 0.29) is 24.3 Å². The molecule has 0 aliphatic rings. The third kappa shape index (κ3) is 6.54. The Hall–Kier alpha value is -3.52. The zero-order chi connectivity index (χ0) is 25.7. The zero-order valence-electron chi connectivity index (χ0n) is 20.9. The molecular weight excluding hydrogens is 462 g/mol. The van der Waals surface area contributed by atoms with Gasteiger partial charge in [-0.15, -0.1) is 11.3 Å². The minimum Gasteiger partial charge on any atom is -0.458 e. The molecule has 0 aliphatic carbocycles. The number of ether oxygens (including phenoxy) is 1. The second-order valence-electron chi connectivity index (χ2n) is 8.91. The topological polar surface area (TPSA) is 88.6 Å². The van der Waals surface area contributed by atoms with Crippen LogP contribution in [0, 0.1) is 26.7 Å². The largest absolute Gasteiger partial charge is 0.458 e. The molecule has 35 heavy (non-hydrogen) atoms. The van der Waals surface area contributed by atoms with Crippen LogP contribution in [0.1, 0.15) is 53.5 Å². The standard InChI is InChI=1S/C27H31N3O4S/c1-16(2)24(29-25(32)21-10-7-17(3)8-11-21)26(33)34-14-22-15-35-27(28-22)30(20(6)31)23-12-9-18(4)19(5)13-23/h7-13,15-16,24H,14H2,1-6H3,(H,29,32)/t24-/m0/s1. The number of thiazole rings is 1. The number of nitrogens with one attached hydrogen (secondary N) is 1. The van der Waals surface area contributed by atoms with Crippen LogP contribution in [-0.4, -0.2) is 28.8 Å². The van der Waals surface area contributed by atoms with Crippen LogP contribution in [0.3, 0.4) is 0 Å². The summed E-state index contributed by atoms with van der Waals surface area (Å²) in [7, 11) is 0. The van der Waals surface area contributed by atoms with E-state index in [9.17, 15) is 14.4 Å². The Kier molecular flexibility index (Phi) is 8.40. The highest BCUT2D eigenvalue weighted by atomic mass is 32.1. The molecule has 2 amide bonds. The molecule has 1 heterocycles. The first-order valence-electron chi connectivity index (χ1n) is 11.4. The molecule has 1 aromatic heterocycles. The fraction of sp³-hybridized carbons (Fsp3) is 0.333. The van der Waals surface area contributed by atoms with Gasteiger partial charge >= 0.3 is 5.97 Å². The summed E-state index contributed by atoms with van der Waals surface area (Å²) in [5.41, 5.74) is 5.00. The highest BCUT2D eigenvalue weighted by molar-refractivity contribution is 7.14. The van der Waals surface area contributed by atoms with E-state index in [0.717, 1.165) is 22.4 Å². The quantitative estimate of drug-likeness (QED) is 0.433.